The number of hydrogen-bond acceptors (Lipinski definition) is 11. The van der Waals surface area contributed by atoms with Crippen LogP contribution in [0.3, 0.4) is 0 Å². The van der Waals surface area contributed by atoms with Crippen LogP contribution in [-0.4, -0.2) is 71.5 Å². The van der Waals surface area contributed by atoms with Crippen molar-refractivity contribution in [3.63, 3.8) is 0 Å². The van der Waals surface area contributed by atoms with E-state index >= 15 is 4.39 Å². The number of benzene rings is 2. The van der Waals surface area contributed by atoms with E-state index in [1.807, 2.05) is 12.1 Å². The first-order valence-corrected chi connectivity index (χ1v) is 17.9. The Morgan fingerprint density at radius 1 is 1.10 bits per heavy atom. The number of rotatable bonds is 8. The topological polar surface area (TPSA) is 145 Å². The number of nitrogens with one attached hydrogen (secondary N) is 1. The Kier molecular flexibility index (Phi) is 7.80. The molecule has 2 atom stereocenters. The van der Waals surface area contributed by atoms with E-state index in [1.54, 1.807) is 30.1 Å². The van der Waals surface area contributed by atoms with Gasteiger partial charge in [-0.1, -0.05) is 0 Å². The molecule has 2 aromatic heterocycles. The van der Waals surface area contributed by atoms with Crippen molar-refractivity contribution in [1.82, 2.24) is 14.7 Å². The second kappa shape index (κ2) is 12.0. The van der Waals surface area contributed by atoms with Crippen molar-refractivity contribution in [3.8, 4) is 28.2 Å². The zero-order valence-electron chi connectivity index (χ0n) is 27.0. The molecule has 16 heteroatoms. The predicted molar refractivity (Wildman–Crippen MR) is 176 cm³/mol. The maximum atomic E-state index is 16.0. The molecule has 2 aliphatic carbocycles. The first kappa shape index (κ1) is 32.5. The van der Waals surface area contributed by atoms with Gasteiger partial charge in [-0.15, -0.1) is 0 Å². The van der Waals surface area contributed by atoms with E-state index < -0.39 is 60.5 Å². The van der Waals surface area contributed by atoms with E-state index in [0.717, 1.165) is 6.07 Å². The van der Waals surface area contributed by atoms with Gasteiger partial charge in [-0.2, -0.15) is 0 Å². The number of fused-ring (bicyclic) bond motifs is 7. The Balaban J connectivity index is 1.35. The molecule has 2 unspecified atom stereocenters. The summed E-state index contributed by atoms with van der Waals surface area (Å²) in [5.41, 5.74) is -0.330. The zero-order valence-corrected chi connectivity index (χ0v) is 28.0. The normalized spacial score (nSPS) is 20.5. The Bertz CT molecular complexity index is 2100. The van der Waals surface area contributed by atoms with E-state index in [1.165, 1.54) is 41.3 Å². The van der Waals surface area contributed by atoms with E-state index in [0.29, 0.717) is 40.9 Å². The summed E-state index contributed by atoms with van der Waals surface area (Å²) in [6.07, 6.45) is 2.67. The fraction of sp³-hybridized carbons (Fsp3) is 0.324. The van der Waals surface area contributed by atoms with Gasteiger partial charge in [0.05, 0.1) is 0 Å². The molecule has 2 N–H and O–H groups in total. The van der Waals surface area contributed by atoms with Crippen LogP contribution in [0.1, 0.15) is 47.4 Å². The SMILES string of the molecule is CCO[PH](O)(NC1(C(=O)OC)CC1)Oc1c2n(ccc1=O)N(C1c3ccccc3-c3occc3-c3c1ccc(F)c3F)C1COCCN1C2=O. The molecule has 50 heavy (non-hydrogen) atoms. The van der Waals surface area contributed by atoms with Crippen LogP contribution in [0.25, 0.3) is 22.5 Å². The molecule has 2 fully saturated rings. The monoisotopic (exact) mass is 710 g/mol. The standard InChI is InChI=1S/C34H33F2N4O9P/c1-3-48-50(44,37-34(12-13-34)33(43)45-2)49-31-24(41)10-14-39-29(31)32(42)38-15-17-46-18-25(38)40(39)28-19-6-4-5-7-20(19)30-22(11-16-47-30)26-21(28)8-9-23(35)27(26)36/h4-11,14,16,25,28,37,44,50H,3,12-13,15,17-18H2,1-2H3. The molecule has 0 bridgehead atoms. The van der Waals surface area contributed by atoms with Crippen LogP contribution >= 0.6 is 8.09 Å². The molecule has 4 aromatic rings. The number of ether oxygens (including phenoxy) is 2. The number of methoxy groups -OCH3 is 1. The molecular formula is C34H33F2N4O9P. The first-order chi connectivity index (χ1) is 24.1. The number of aromatic nitrogens is 1. The number of amides is 1. The second-order valence-corrected chi connectivity index (χ2v) is 14.3. The van der Waals surface area contributed by atoms with Crippen molar-refractivity contribution in [2.75, 3.05) is 38.5 Å². The first-order valence-electron chi connectivity index (χ1n) is 16.1. The number of esters is 1. The van der Waals surface area contributed by atoms with Gasteiger partial charge in [-0.05, 0) is 0 Å². The van der Waals surface area contributed by atoms with Crippen LogP contribution in [0, 0.1) is 11.6 Å². The number of furan rings is 1. The van der Waals surface area contributed by atoms with E-state index in [9.17, 15) is 23.7 Å². The summed E-state index contributed by atoms with van der Waals surface area (Å²) in [5.74, 6) is -3.53. The van der Waals surface area contributed by atoms with Gasteiger partial charge in [0.25, 0.3) is 0 Å². The third kappa shape index (κ3) is 4.95. The van der Waals surface area contributed by atoms with Gasteiger partial charge in [-0.3, -0.25) is 0 Å². The summed E-state index contributed by atoms with van der Waals surface area (Å²) >= 11 is 0. The number of halogens is 2. The summed E-state index contributed by atoms with van der Waals surface area (Å²) in [7, 11) is -3.40. The molecule has 4 aliphatic rings. The Morgan fingerprint density at radius 3 is 2.66 bits per heavy atom. The number of pyridine rings is 1. The molecule has 0 radical (unpaired) electrons. The fourth-order valence-corrected chi connectivity index (χ4v) is 9.23. The van der Waals surface area contributed by atoms with Crippen LogP contribution in [0.2, 0.25) is 0 Å². The number of nitrogens with zero attached hydrogens (tertiary/aromatic N) is 3. The molecule has 262 valence electrons. The van der Waals surface area contributed by atoms with Gasteiger partial charge >= 0.3 is 285 Å². The van der Waals surface area contributed by atoms with Crippen molar-refractivity contribution in [1.29, 1.82) is 0 Å². The third-order valence-electron chi connectivity index (χ3n) is 9.58. The summed E-state index contributed by atoms with van der Waals surface area (Å²) in [6, 6.07) is 11.6. The zero-order chi connectivity index (χ0) is 34.9. The van der Waals surface area contributed by atoms with Crippen molar-refractivity contribution in [2.24, 2.45) is 0 Å². The van der Waals surface area contributed by atoms with Gasteiger partial charge in [-0.25, -0.2) is 0 Å². The quantitative estimate of drug-likeness (QED) is 0.202. The summed E-state index contributed by atoms with van der Waals surface area (Å²) in [6.45, 7) is 1.90. The molecule has 0 spiro atoms. The molecular weight excluding hydrogens is 677 g/mol. The van der Waals surface area contributed by atoms with Crippen LogP contribution in [0.15, 0.2) is 70.2 Å². The number of carbonyl (C=O) groups excluding carboxylic acids is 2. The minimum absolute atomic E-state index is 0.0194. The number of carbonyl (C=O) groups is 2. The number of morpholine rings is 1. The Hall–Kier alpha value is -4.66. The Morgan fingerprint density at radius 2 is 1.90 bits per heavy atom. The molecule has 2 aromatic carbocycles. The molecule has 13 nitrogen and oxygen atoms in total. The van der Waals surface area contributed by atoms with Crippen molar-refractivity contribution in [3.05, 3.63) is 99.7 Å². The summed E-state index contributed by atoms with van der Waals surface area (Å²) in [4.78, 5) is 54.0. The molecule has 1 saturated heterocycles. The van der Waals surface area contributed by atoms with E-state index in [-0.39, 0.29) is 37.6 Å². The van der Waals surface area contributed by atoms with Crippen LogP contribution in [0.5, 0.6) is 5.75 Å². The predicted octanol–water partition coefficient (Wildman–Crippen LogP) is 4.02. The molecule has 8 rings (SSSR count). The Labute approximate surface area is 284 Å². The van der Waals surface area contributed by atoms with Crippen LogP contribution < -0.4 is 20.0 Å². The summed E-state index contributed by atoms with van der Waals surface area (Å²) < 4.78 is 60.8. The van der Waals surface area contributed by atoms with Gasteiger partial charge in [0.15, 0.2) is 0 Å². The van der Waals surface area contributed by atoms with Crippen molar-refractivity contribution < 1.29 is 46.2 Å². The maximum absolute atomic E-state index is 16.0. The van der Waals surface area contributed by atoms with Gasteiger partial charge in [0, 0.05) is 0 Å². The van der Waals surface area contributed by atoms with Gasteiger partial charge < -0.3 is 0 Å². The minimum atomic E-state index is -4.62. The van der Waals surface area contributed by atoms with Crippen molar-refractivity contribution >= 4 is 20.0 Å². The molecule has 1 saturated carbocycles. The molecule has 2 aliphatic heterocycles. The average molecular weight is 711 g/mol. The molecule has 4 heterocycles. The van der Waals surface area contributed by atoms with Crippen LogP contribution in [0.4, 0.5) is 8.78 Å². The third-order valence-corrected chi connectivity index (χ3v) is 11.5. The fourth-order valence-electron chi connectivity index (χ4n) is 7.22. The van der Waals surface area contributed by atoms with Crippen LogP contribution in [-0.2, 0) is 18.8 Å². The molecule has 1 amide bonds. The van der Waals surface area contributed by atoms with E-state index in [4.69, 9.17) is 22.9 Å². The second-order valence-electron chi connectivity index (χ2n) is 12.4. The summed E-state index contributed by atoms with van der Waals surface area (Å²) in [5, 5.41) is 4.55. The average Bonchev–Trinajstić information content (AvgIpc) is 3.76. The number of hydrogen-bond donors (Lipinski definition) is 2. The van der Waals surface area contributed by atoms with E-state index in [2.05, 4.69) is 5.09 Å². The van der Waals surface area contributed by atoms with Gasteiger partial charge in [0.1, 0.15) is 0 Å². The van der Waals surface area contributed by atoms with Gasteiger partial charge in [0.2, 0.25) is 0 Å². The van der Waals surface area contributed by atoms with Crippen molar-refractivity contribution in [2.45, 2.75) is 37.5 Å².